The van der Waals surface area contributed by atoms with Crippen LogP contribution in [0.5, 0.6) is 0 Å². The van der Waals surface area contributed by atoms with E-state index in [1.54, 1.807) is 4.90 Å². The molecule has 22 heavy (non-hydrogen) atoms. The summed E-state index contributed by atoms with van der Waals surface area (Å²) >= 11 is 0. The van der Waals surface area contributed by atoms with Crippen molar-refractivity contribution >= 4 is 12.4 Å². The van der Waals surface area contributed by atoms with Gasteiger partial charge in [-0.2, -0.15) is 0 Å². The van der Waals surface area contributed by atoms with Crippen LogP contribution in [0.15, 0.2) is 0 Å². The van der Waals surface area contributed by atoms with Crippen molar-refractivity contribution < 1.29 is 19.1 Å². The standard InChI is InChI=1S/C17H31NO4/c1-15(2,3)12(9-10-19)13-11-21-17(7,8)18(13)14(20)22-16(4,5)6/h10,12-13H,9,11H2,1-8H3/t12-,13+/m1/s1. The van der Waals surface area contributed by atoms with Crippen molar-refractivity contribution in [3.8, 4) is 0 Å². The minimum Gasteiger partial charge on any atom is -0.444 e. The minimum atomic E-state index is -0.737. The predicted molar refractivity (Wildman–Crippen MR) is 85.5 cm³/mol. The van der Waals surface area contributed by atoms with Gasteiger partial charge < -0.3 is 14.3 Å². The summed E-state index contributed by atoms with van der Waals surface area (Å²) in [5.41, 5.74) is -1.42. The fraction of sp³-hybridized carbons (Fsp3) is 0.882. The van der Waals surface area contributed by atoms with Crippen LogP contribution in [-0.4, -0.2) is 41.3 Å². The highest BCUT2D eigenvalue weighted by Crippen LogP contribution is 2.40. The Morgan fingerprint density at radius 3 is 2.27 bits per heavy atom. The number of nitrogens with zero attached hydrogens (tertiary/aromatic N) is 1. The molecule has 5 nitrogen and oxygen atoms in total. The molecular weight excluding hydrogens is 282 g/mol. The highest BCUT2D eigenvalue weighted by molar-refractivity contribution is 5.70. The summed E-state index contributed by atoms with van der Waals surface area (Å²) in [6.45, 7) is 15.9. The molecule has 0 radical (unpaired) electrons. The van der Waals surface area contributed by atoms with Crippen molar-refractivity contribution in [1.29, 1.82) is 0 Å². The molecule has 0 aromatic heterocycles. The Hall–Kier alpha value is -1.10. The third-order valence-corrected chi connectivity index (χ3v) is 4.04. The first-order valence-electron chi connectivity index (χ1n) is 7.89. The number of carbonyl (C=O) groups excluding carboxylic acids is 2. The quantitative estimate of drug-likeness (QED) is 0.747. The average molecular weight is 313 g/mol. The van der Waals surface area contributed by atoms with Gasteiger partial charge in [-0.05, 0) is 46.0 Å². The zero-order valence-electron chi connectivity index (χ0n) is 15.2. The van der Waals surface area contributed by atoms with Gasteiger partial charge in [0, 0.05) is 6.42 Å². The van der Waals surface area contributed by atoms with Gasteiger partial charge in [0.1, 0.15) is 17.6 Å². The summed E-state index contributed by atoms with van der Waals surface area (Å²) < 4.78 is 11.4. The molecule has 0 aromatic rings. The monoisotopic (exact) mass is 313 g/mol. The third-order valence-electron chi connectivity index (χ3n) is 4.04. The molecule has 5 heteroatoms. The predicted octanol–water partition coefficient (Wildman–Crippen LogP) is 3.61. The molecule has 2 atom stereocenters. The zero-order chi connectivity index (χ0) is 17.3. The number of hydrogen-bond donors (Lipinski definition) is 0. The Bertz CT molecular complexity index is 417. The highest BCUT2D eigenvalue weighted by atomic mass is 16.6. The van der Waals surface area contributed by atoms with Crippen LogP contribution in [-0.2, 0) is 14.3 Å². The molecule has 0 bridgehead atoms. The fourth-order valence-electron chi connectivity index (χ4n) is 2.99. The normalized spacial score (nSPS) is 23.3. The van der Waals surface area contributed by atoms with Crippen LogP contribution < -0.4 is 0 Å². The van der Waals surface area contributed by atoms with E-state index in [-0.39, 0.29) is 23.5 Å². The molecule has 1 aliphatic heterocycles. The van der Waals surface area contributed by atoms with E-state index >= 15 is 0 Å². The second-order valence-corrected chi connectivity index (χ2v) is 8.55. The number of aldehydes is 1. The van der Waals surface area contributed by atoms with Crippen molar-refractivity contribution in [1.82, 2.24) is 4.90 Å². The van der Waals surface area contributed by atoms with Crippen LogP contribution >= 0.6 is 0 Å². The fourth-order valence-corrected chi connectivity index (χ4v) is 2.99. The largest absolute Gasteiger partial charge is 0.444 e. The van der Waals surface area contributed by atoms with Gasteiger partial charge in [-0.15, -0.1) is 0 Å². The van der Waals surface area contributed by atoms with Gasteiger partial charge in [0.05, 0.1) is 12.6 Å². The summed E-state index contributed by atoms with van der Waals surface area (Å²) in [5.74, 6) is 0.0132. The zero-order valence-corrected chi connectivity index (χ0v) is 15.2. The molecule has 128 valence electrons. The Balaban J connectivity index is 3.11. The van der Waals surface area contributed by atoms with Gasteiger partial charge in [-0.1, -0.05) is 20.8 Å². The van der Waals surface area contributed by atoms with E-state index in [0.29, 0.717) is 13.0 Å². The first-order chi connectivity index (χ1) is 9.79. The first kappa shape index (κ1) is 18.9. The Morgan fingerprint density at radius 2 is 1.86 bits per heavy atom. The van der Waals surface area contributed by atoms with Gasteiger partial charge in [0.15, 0.2) is 0 Å². The molecule has 0 aromatic carbocycles. The maximum Gasteiger partial charge on any atom is 0.412 e. The number of ether oxygens (including phenoxy) is 2. The molecule has 1 saturated heterocycles. The summed E-state index contributed by atoms with van der Waals surface area (Å²) in [6, 6.07) is -0.171. The molecule has 0 unspecified atom stereocenters. The maximum atomic E-state index is 12.7. The molecule has 0 aliphatic carbocycles. The van der Waals surface area contributed by atoms with Crippen molar-refractivity contribution in [2.45, 2.75) is 79.2 Å². The Kier molecular flexibility index (Phi) is 5.33. The van der Waals surface area contributed by atoms with Crippen LogP contribution in [0.3, 0.4) is 0 Å². The second-order valence-electron chi connectivity index (χ2n) is 8.55. The lowest BCUT2D eigenvalue weighted by Crippen LogP contribution is -2.53. The summed E-state index contributed by atoms with van der Waals surface area (Å²) in [4.78, 5) is 25.4. The number of rotatable bonds is 3. The molecule has 1 aliphatic rings. The highest BCUT2D eigenvalue weighted by Gasteiger charge is 2.50. The molecule has 1 rings (SSSR count). The summed E-state index contributed by atoms with van der Waals surface area (Å²) in [5, 5.41) is 0. The molecule has 0 spiro atoms. The Labute approximate surface area is 134 Å². The van der Waals surface area contributed by atoms with E-state index in [1.807, 2.05) is 34.6 Å². The van der Waals surface area contributed by atoms with Gasteiger partial charge >= 0.3 is 6.09 Å². The lowest BCUT2D eigenvalue weighted by atomic mass is 9.74. The lowest BCUT2D eigenvalue weighted by molar-refractivity contribution is -0.110. The van der Waals surface area contributed by atoms with Crippen molar-refractivity contribution in [2.75, 3.05) is 6.61 Å². The van der Waals surface area contributed by atoms with Crippen LogP contribution in [0.25, 0.3) is 0 Å². The summed E-state index contributed by atoms with van der Waals surface area (Å²) in [6.07, 6.45) is 0.932. The van der Waals surface area contributed by atoms with Crippen LogP contribution in [0.2, 0.25) is 0 Å². The number of amides is 1. The van der Waals surface area contributed by atoms with E-state index in [1.165, 1.54) is 0 Å². The molecular formula is C17H31NO4. The summed E-state index contributed by atoms with van der Waals surface area (Å²) in [7, 11) is 0. The van der Waals surface area contributed by atoms with E-state index < -0.39 is 11.3 Å². The van der Waals surface area contributed by atoms with Gasteiger partial charge in [-0.25, -0.2) is 4.79 Å². The van der Waals surface area contributed by atoms with Crippen LogP contribution in [0.1, 0.15) is 61.8 Å². The third kappa shape index (κ3) is 4.45. The molecule has 0 N–H and O–H groups in total. The van der Waals surface area contributed by atoms with Gasteiger partial charge in [0.25, 0.3) is 0 Å². The second kappa shape index (κ2) is 6.19. The van der Waals surface area contributed by atoms with Gasteiger partial charge in [0.2, 0.25) is 0 Å². The van der Waals surface area contributed by atoms with Crippen molar-refractivity contribution in [3.05, 3.63) is 0 Å². The number of hydrogen-bond acceptors (Lipinski definition) is 4. The van der Waals surface area contributed by atoms with E-state index in [2.05, 4.69) is 20.8 Å². The first-order valence-corrected chi connectivity index (χ1v) is 7.89. The molecule has 1 amide bonds. The van der Waals surface area contributed by atoms with Crippen LogP contribution in [0.4, 0.5) is 4.79 Å². The smallest absolute Gasteiger partial charge is 0.412 e. The van der Waals surface area contributed by atoms with Crippen LogP contribution in [0, 0.1) is 11.3 Å². The number of carbonyl (C=O) groups is 2. The maximum absolute atomic E-state index is 12.7. The molecule has 1 heterocycles. The average Bonchev–Trinajstić information content (AvgIpc) is 2.57. The van der Waals surface area contributed by atoms with Gasteiger partial charge in [-0.3, -0.25) is 4.90 Å². The topological polar surface area (TPSA) is 55.8 Å². The Morgan fingerprint density at radius 1 is 1.32 bits per heavy atom. The van der Waals surface area contributed by atoms with E-state index in [4.69, 9.17) is 9.47 Å². The molecule has 0 saturated carbocycles. The van der Waals surface area contributed by atoms with Crippen molar-refractivity contribution in [3.63, 3.8) is 0 Å². The lowest BCUT2D eigenvalue weighted by Gasteiger charge is -2.41. The molecule has 1 fully saturated rings. The van der Waals surface area contributed by atoms with E-state index in [9.17, 15) is 9.59 Å². The van der Waals surface area contributed by atoms with E-state index in [0.717, 1.165) is 6.29 Å². The SMILES string of the molecule is CC(C)(C)OC(=O)N1[C@H]([C@@H](CC=O)C(C)(C)C)COC1(C)C. The minimum absolute atomic E-state index is 0.0132. The van der Waals surface area contributed by atoms with Crippen molar-refractivity contribution in [2.24, 2.45) is 11.3 Å².